The molecule has 140 valence electrons. The van der Waals surface area contributed by atoms with E-state index in [1.54, 1.807) is 0 Å². The Morgan fingerprint density at radius 3 is 1.19 bits per heavy atom. The fourth-order valence-electron chi connectivity index (χ4n) is 3.21. The highest BCUT2D eigenvalue weighted by Crippen LogP contribution is 2.18. The van der Waals surface area contributed by atoms with Gasteiger partial charge >= 0.3 is 0 Å². The molecule has 3 aromatic rings. The van der Waals surface area contributed by atoms with Crippen molar-refractivity contribution in [1.29, 1.82) is 0 Å². The lowest BCUT2D eigenvalue weighted by Gasteiger charge is -2.17. The van der Waals surface area contributed by atoms with Crippen molar-refractivity contribution in [3.05, 3.63) is 95.1 Å². The molecule has 0 saturated carbocycles. The highest BCUT2D eigenvalue weighted by molar-refractivity contribution is 5.48. The molecule has 0 aromatic heterocycles. The first kappa shape index (κ1) is 19.0. The first-order valence-corrected chi connectivity index (χ1v) is 9.69. The first-order valence-electron chi connectivity index (χ1n) is 9.69. The van der Waals surface area contributed by atoms with Crippen LogP contribution in [0.3, 0.4) is 0 Å². The van der Waals surface area contributed by atoms with Gasteiger partial charge in [-0.3, -0.25) is 0 Å². The van der Waals surface area contributed by atoms with Gasteiger partial charge in [-0.05, 0) is 66.3 Å². The van der Waals surface area contributed by atoms with Crippen LogP contribution < -0.4 is 9.80 Å². The topological polar surface area (TPSA) is 6.48 Å². The Kier molecular flexibility index (Phi) is 6.18. The quantitative estimate of drug-likeness (QED) is 0.559. The maximum atomic E-state index is 2.26. The summed E-state index contributed by atoms with van der Waals surface area (Å²) in [7, 11) is 6.27. The number of anilines is 2. The summed E-state index contributed by atoms with van der Waals surface area (Å²) in [5, 5.41) is 0. The molecule has 0 aliphatic rings. The van der Waals surface area contributed by atoms with Crippen molar-refractivity contribution in [3.63, 3.8) is 0 Å². The van der Waals surface area contributed by atoms with E-state index in [-0.39, 0.29) is 0 Å². The lowest BCUT2D eigenvalue weighted by molar-refractivity contribution is 0.967. The highest BCUT2D eigenvalue weighted by atomic mass is 15.1. The second-order valence-corrected chi connectivity index (χ2v) is 7.41. The van der Waals surface area contributed by atoms with Crippen molar-refractivity contribution in [2.75, 3.05) is 37.5 Å². The molecule has 0 N–H and O–H groups in total. The summed E-state index contributed by atoms with van der Waals surface area (Å²) in [5.74, 6) is 0. The van der Waals surface area contributed by atoms with Crippen LogP contribution in [-0.4, -0.2) is 27.7 Å². The van der Waals surface area contributed by atoms with E-state index in [9.17, 15) is 0 Å². The van der Waals surface area contributed by atoms with E-state index < -0.39 is 0 Å². The fraction of sp³-hybridized carbons (Fsp3) is 0.280. The summed E-state index contributed by atoms with van der Waals surface area (Å²) in [5.41, 5.74) is 7.94. The molecule has 0 saturated heterocycles. The third kappa shape index (κ3) is 5.13. The monoisotopic (exact) mass is 358 g/mol. The van der Waals surface area contributed by atoms with Crippen LogP contribution in [0.4, 0.5) is 11.4 Å². The summed E-state index contributed by atoms with van der Waals surface area (Å²) >= 11 is 0. The fourth-order valence-corrected chi connectivity index (χ4v) is 3.21. The zero-order valence-corrected chi connectivity index (χ0v) is 16.9. The Morgan fingerprint density at radius 1 is 0.519 bits per heavy atom. The molecular weight excluding hydrogens is 328 g/mol. The zero-order chi connectivity index (χ0) is 19.2. The predicted octanol–water partition coefficient (Wildman–Crippen LogP) is 5.39. The normalized spacial score (nSPS) is 10.7. The minimum Gasteiger partial charge on any atom is -0.378 e. The zero-order valence-electron chi connectivity index (χ0n) is 16.9. The highest BCUT2D eigenvalue weighted by Gasteiger charge is 2.02. The molecule has 0 unspecified atom stereocenters. The van der Waals surface area contributed by atoms with Gasteiger partial charge in [0.25, 0.3) is 0 Å². The van der Waals surface area contributed by atoms with E-state index >= 15 is 0 Å². The van der Waals surface area contributed by atoms with Gasteiger partial charge in [-0.15, -0.1) is 0 Å². The minimum absolute atomic E-state index is 0.978. The molecule has 2 heteroatoms. The third-order valence-corrected chi connectivity index (χ3v) is 5.14. The molecule has 0 aliphatic carbocycles. The van der Waals surface area contributed by atoms with E-state index in [4.69, 9.17) is 0 Å². The van der Waals surface area contributed by atoms with Crippen LogP contribution in [0.2, 0.25) is 0 Å². The predicted molar refractivity (Wildman–Crippen MR) is 118 cm³/mol. The van der Waals surface area contributed by atoms with Gasteiger partial charge in [-0.25, -0.2) is 0 Å². The average molecular weight is 359 g/mol. The minimum atomic E-state index is 0.978. The Balaban J connectivity index is 1.61. The summed E-state index contributed by atoms with van der Waals surface area (Å²) < 4.78 is 0. The van der Waals surface area contributed by atoms with Gasteiger partial charge in [-0.2, -0.15) is 0 Å². The number of benzene rings is 3. The van der Waals surface area contributed by atoms with Gasteiger partial charge in [-0.1, -0.05) is 48.5 Å². The lowest BCUT2D eigenvalue weighted by Crippen LogP contribution is -2.15. The average Bonchev–Trinajstić information content (AvgIpc) is 2.70. The molecule has 2 nitrogen and oxygen atoms in total. The molecule has 0 heterocycles. The van der Waals surface area contributed by atoms with E-state index in [1.165, 1.54) is 33.6 Å². The van der Waals surface area contributed by atoms with Gasteiger partial charge in [0.1, 0.15) is 0 Å². The van der Waals surface area contributed by atoms with E-state index in [0.717, 1.165) is 19.4 Å². The molecule has 3 aromatic carbocycles. The molecule has 3 rings (SSSR count). The summed E-state index contributed by atoms with van der Waals surface area (Å²) in [4.78, 5) is 4.38. The SMILES string of the molecule is CCN(C)c1ccc(Cc2ccc(Cc3ccc(N(C)C)cc3)cc2)cc1. The molecule has 0 radical (unpaired) electrons. The summed E-state index contributed by atoms with van der Waals surface area (Å²) in [6.07, 6.45) is 1.96. The van der Waals surface area contributed by atoms with Gasteiger partial charge in [0.05, 0.1) is 0 Å². The maximum absolute atomic E-state index is 2.26. The van der Waals surface area contributed by atoms with Crippen LogP contribution in [0, 0.1) is 0 Å². The second-order valence-electron chi connectivity index (χ2n) is 7.41. The molecule has 0 bridgehead atoms. The summed E-state index contributed by atoms with van der Waals surface area (Å²) in [6.45, 7) is 3.20. The molecular formula is C25H30N2. The maximum Gasteiger partial charge on any atom is 0.0363 e. The number of hydrogen-bond acceptors (Lipinski definition) is 2. The van der Waals surface area contributed by atoms with Crippen LogP contribution in [-0.2, 0) is 12.8 Å². The smallest absolute Gasteiger partial charge is 0.0363 e. The Bertz CT molecular complexity index is 831. The molecule has 0 atom stereocenters. The van der Waals surface area contributed by atoms with Crippen molar-refractivity contribution in [3.8, 4) is 0 Å². The van der Waals surface area contributed by atoms with Gasteiger partial charge < -0.3 is 9.80 Å². The number of hydrogen-bond donors (Lipinski definition) is 0. The van der Waals surface area contributed by atoms with Crippen molar-refractivity contribution < 1.29 is 0 Å². The largest absolute Gasteiger partial charge is 0.378 e. The van der Waals surface area contributed by atoms with Crippen LogP contribution in [0.1, 0.15) is 29.2 Å². The molecule has 0 spiro atoms. The van der Waals surface area contributed by atoms with E-state index in [2.05, 4.69) is 111 Å². The summed E-state index contributed by atoms with van der Waals surface area (Å²) in [6, 6.07) is 26.7. The Morgan fingerprint density at radius 2 is 0.852 bits per heavy atom. The van der Waals surface area contributed by atoms with Crippen molar-refractivity contribution in [1.82, 2.24) is 0 Å². The Hall–Kier alpha value is -2.74. The number of nitrogens with zero attached hydrogens (tertiary/aromatic N) is 2. The Labute approximate surface area is 164 Å². The van der Waals surface area contributed by atoms with Crippen LogP contribution >= 0.6 is 0 Å². The van der Waals surface area contributed by atoms with E-state index in [0.29, 0.717) is 0 Å². The molecule has 0 aliphatic heterocycles. The molecule has 0 fully saturated rings. The van der Waals surface area contributed by atoms with Crippen LogP contribution in [0.25, 0.3) is 0 Å². The second kappa shape index (κ2) is 8.77. The van der Waals surface area contributed by atoms with Crippen molar-refractivity contribution in [2.24, 2.45) is 0 Å². The van der Waals surface area contributed by atoms with E-state index in [1.807, 2.05) is 0 Å². The van der Waals surface area contributed by atoms with Crippen LogP contribution in [0.5, 0.6) is 0 Å². The van der Waals surface area contributed by atoms with Crippen molar-refractivity contribution >= 4 is 11.4 Å². The van der Waals surface area contributed by atoms with Gasteiger partial charge in [0.15, 0.2) is 0 Å². The van der Waals surface area contributed by atoms with Gasteiger partial charge in [0.2, 0.25) is 0 Å². The van der Waals surface area contributed by atoms with Crippen LogP contribution in [0.15, 0.2) is 72.8 Å². The van der Waals surface area contributed by atoms with Crippen molar-refractivity contribution in [2.45, 2.75) is 19.8 Å². The number of rotatable bonds is 7. The third-order valence-electron chi connectivity index (χ3n) is 5.14. The first-order chi connectivity index (χ1) is 13.0. The molecule has 27 heavy (non-hydrogen) atoms. The molecule has 0 amide bonds. The van der Waals surface area contributed by atoms with Gasteiger partial charge in [0, 0.05) is 39.1 Å². The standard InChI is InChI=1S/C25H30N2/c1-5-27(4)25-16-12-23(13-17-25)19-21-8-6-20(7-9-21)18-22-10-14-24(15-11-22)26(2)3/h6-17H,5,18-19H2,1-4H3. The lowest BCUT2D eigenvalue weighted by atomic mass is 10.00.